The minimum atomic E-state index is -0.357. The number of rotatable bonds is 5. The van der Waals surface area contributed by atoms with Crippen molar-refractivity contribution in [2.45, 2.75) is 25.9 Å². The number of para-hydroxylation sites is 2. The van der Waals surface area contributed by atoms with Crippen LogP contribution in [-0.4, -0.2) is 33.2 Å². The standard InChI is InChI=1S/C19H20N4O3/c1-12(18-21-15-6-2-3-7-16(15)22-18)20-19(25)13-9-17(24)23(10-13)11-14-5-4-8-26-14/h2-8,12-13H,9-11H2,1H3,(H,20,25)(H,21,22). The van der Waals surface area contributed by atoms with Gasteiger partial charge >= 0.3 is 0 Å². The molecule has 1 saturated heterocycles. The van der Waals surface area contributed by atoms with Crippen LogP contribution in [0.2, 0.25) is 0 Å². The van der Waals surface area contributed by atoms with E-state index in [4.69, 9.17) is 4.42 Å². The molecule has 4 rings (SSSR count). The highest BCUT2D eigenvalue weighted by Gasteiger charge is 2.35. The van der Waals surface area contributed by atoms with E-state index in [9.17, 15) is 9.59 Å². The Morgan fingerprint density at radius 2 is 2.23 bits per heavy atom. The van der Waals surface area contributed by atoms with E-state index in [0.29, 0.717) is 18.9 Å². The summed E-state index contributed by atoms with van der Waals surface area (Å²) in [7, 11) is 0. The summed E-state index contributed by atoms with van der Waals surface area (Å²) in [4.78, 5) is 34.2. The number of benzene rings is 1. The minimum Gasteiger partial charge on any atom is -0.467 e. The van der Waals surface area contributed by atoms with E-state index in [-0.39, 0.29) is 30.2 Å². The Hall–Kier alpha value is -3.09. The molecule has 1 aromatic carbocycles. The van der Waals surface area contributed by atoms with Crippen LogP contribution in [0.4, 0.5) is 0 Å². The van der Waals surface area contributed by atoms with Gasteiger partial charge in [0.2, 0.25) is 11.8 Å². The molecule has 0 bridgehead atoms. The number of amides is 2. The maximum atomic E-state index is 12.6. The number of nitrogens with zero attached hydrogens (tertiary/aromatic N) is 2. The van der Waals surface area contributed by atoms with Crippen molar-refractivity contribution in [3.63, 3.8) is 0 Å². The summed E-state index contributed by atoms with van der Waals surface area (Å²) in [6, 6.07) is 11.1. The minimum absolute atomic E-state index is 0.0297. The van der Waals surface area contributed by atoms with Gasteiger partial charge in [-0.1, -0.05) is 12.1 Å². The third kappa shape index (κ3) is 3.20. The molecule has 134 valence electrons. The first-order valence-corrected chi connectivity index (χ1v) is 8.65. The van der Waals surface area contributed by atoms with Crippen LogP contribution in [-0.2, 0) is 16.1 Å². The van der Waals surface area contributed by atoms with Gasteiger partial charge in [0.05, 0.1) is 35.8 Å². The molecule has 3 heterocycles. The predicted octanol–water partition coefficient (Wildman–Crippen LogP) is 2.38. The van der Waals surface area contributed by atoms with Crippen molar-refractivity contribution in [3.05, 3.63) is 54.2 Å². The van der Waals surface area contributed by atoms with Gasteiger partial charge in [0.15, 0.2) is 0 Å². The van der Waals surface area contributed by atoms with E-state index >= 15 is 0 Å². The number of nitrogens with one attached hydrogen (secondary N) is 2. The molecular weight excluding hydrogens is 332 g/mol. The molecule has 26 heavy (non-hydrogen) atoms. The number of fused-ring (bicyclic) bond motifs is 1. The van der Waals surface area contributed by atoms with Crippen LogP contribution >= 0.6 is 0 Å². The van der Waals surface area contributed by atoms with Crippen LogP contribution in [0.1, 0.15) is 31.0 Å². The summed E-state index contributed by atoms with van der Waals surface area (Å²) in [5.74, 6) is 0.904. The van der Waals surface area contributed by atoms with Crippen LogP contribution in [0.5, 0.6) is 0 Å². The molecule has 2 atom stereocenters. The lowest BCUT2D eigenvalue weighted by Gasteiger charge is -2.17. The van der Waals surface area contributed by atoms with Crippen molar-refractivity contribution in [1.29, 1.82) is 0 Å². The van der Waals surface area contributed by atoms with Crippen molar-refractivity contribution < 1.29 is 14.0 Å². The molecule has 1 aliphatic rings. The SMILES string of the molecule is CC(NC(=O)C1CC(=O)N(Cc2ccco2)C1)c1nc2ccccc2[nH]1. The van der Waals surface area contributed by atoms with E-state index in [1.54, 1.807) is 17.2 Å². The number of imidazole rings is 1. The monoisotopic (exact) mass is 352 g/mol. The number of aromatic nitrogens is 2. The number of furan rings is 1. The lowest BCUT2D eigenvalue weighted by atomic mass is 10.1. The van der Waals surface area contributed by atoms with E-state index in [1.807, 2.05) is 37.3 Å². The average Bonchev–Trinajstić information content (AvgIpc) is 3.35. The lowest BCUT2D eigenvalue weighted by Crippen LogP contribution is -2.34. The van der Waals surface area contributed by atoms with Crippen LogP contribution in [0, 0.1) is 5.92 Å². The molecule has 0 spiro atoms. The van der Waals surface area contributed by atoms with Crippen molar-refractivity contribution in [3.8, 4) is 0 Å². The molecule has 7 heteroatoms. The van der Waals surface area contributed by atoms with Gasteiger partial charge < -0.3 is 19.6 Å². The number of H-pyrrole nitrogens is 1. The van der Waals surface area contributed by atoms with Gasteiger partial charge in [0, 0.05) is 13.0 Å². The number of carbonyl (C=O) groups excluding carboxylic acids is 2. The van der Waals surface area contributed by atoms with E-state index in [0.717, 1.165) is 16.8 Å². The topological polar surface area (TPSA) is 91.2 Å². The van der Waals surface area contributed by atoms with Gasteiger partial charge in [-0.25, -0.2) is 4.98 Å². The molecule has 0 aliphatic carbocycles. The Morgan fingerprint density at radius 3 is 3.00 bits per heavy atom. The summed E-state index contributed by atoms with van der Waals surface area (Å²) in [5, 5.41) is 2.96. The highest BCUT2D eigenvalue weighted by atomic mass is 16.3. The zero-order valence-electron chi connectivity index (χ0n) is 14.4. The maximum absolute atomic E-state index is 12.6. The molecule has 2 N–H and O–H groups in total. The van der Waals surface area contributed by atoms with Crippen LogP contribution < -0.4 is 5.32 Å². The summed E-state index contributed by atoms with van der Waals surface area (Å²) in [6.45, 7) is 2.68. The largest absolute Gasteiger partial charge is 0.467 e. The lowest BCUT2D eigenvalue weighted by molar-refractivity contribution is -0.129. The molecule has 1 fully saturated rings. The average molecular weight is 352 g/mol. The third-order valence-corrected chi connectivity index (χ3v) is 4.69. The first-order chi connectivity index (χ1) is 12.6. The van der Waals surface area contributed by atoms with Gasteiger partial charge in [-0.05, 0) is 31.2 Å². The normalized spacial score (nSPS) is 18.4. The first kappa shape index (κ1) is 16.4. The predicted molar refractivity (Wildman–Crippen MR) is 94.9 cm³/mol. The molecule has 2 amide bonds. The zero-order valence-corrected chi connectivity index (χ0v) is 14.4. The summed E-state index contributed by atoms with van der Waals surface area (Å²) < 4.78 is 5.28. The number of likely N-dealkylation sites (tertiary alicyclic amines) is 1. The van der Waals surface area contributed by atoms with Crippen molar-refractivity contribution in [2.24, 2.45) is 5.92 Å². The van der Waals surface area contributed by atoms with Gasteiger partial charge in [-0.15, -0.1) is 0 Å². The number of hydrogen-bond donors (Lipinski definition) is 2. The molecule has 2 aromatic heterocycles. The van der Waals surface area contributed by atoms with E-state index < -0.39 is 0 Å². The highest BCUT2D eigenvalue weighted by Crippen LogP contribution is 2.22. The molecule has 2 unspecified atom stereocenters. The van der Waals surface area contributed by atoms with Crippen LogP contribution in [0.15, 0.2) is 47.1 Å². The molecule has 0 radical (unpaired) electrons. The number of aromatic amines is 1. The fourth-order valence-corrected chi connectivity index (χ4v) is 3.27. The molecule has 3 aromatic rings. The van der Waals surface area contributed by atoms with E-state index in [1.165, 1.54) is 0 Å². The van der Waals surface area contributed by atoms with Crippen LogP contribution in [0.3, 0.4) is 0 Å². The highest BCUT2D eigenvalue weighted by molar-refractivity contribution is 5.89. The van der Waals surface area contributed by atoms with Crippen molar-refractivity contribution in [2.75, 3.05) is 6.54 Å². The van der Waals surface area contributed by atoms with E-state index in [2.05, 4.69) is 15.3 Å². The van der Waals surface area contributed by atoms with Crippen molar-refractivity contribution in [1.82, 2.24) is 20.2 Å². The maximum Gasteiger partial charge on any atom is 0.226 e. The van der Waals surface area contributed by atoms with Gasteiger partial charge in [-0.3, -0.25) is 9.59 Å². The number of carbonyl (C=O) groups is 2. The quantitative estimate of drug-likeness (QED) is 0.737. The van der Waals surface area contributed by atoms with Gasteiger partial charge in [0.25, 0.3) is 0 Å². The summed E-state index contributed by atoms with van der Waals surface area (Å²) >= 11 is 0. The summed E-state index contributed by atoms with van der Waals surface area (Å²) in [5.41, 5.74) is 1.80. The zero-order chi connectivity index (χ0) is 18.1. The van der Waals surface area contributed by atoms with Gasteiger partial charge in [-0.2, -0.15) is 0 Å². The molecule has 7 nitrogen and oxygen atoms in total. The Labute approximate surface area is 150 Å². The second-order valence-electron chi connectivity index (χ2n) is 6.62. The molecule has 1 aliphatic heterocycles. The molecular formula is C19H20N4O3. The smallest absolute Gasteiger partial charge is 0.226 e. The fraction of sp³-hybridized carbons (Fsp3) is 0.316. The van der Waals surface area contributed by atoms with Gasteiger partial charge in [0.1, 0.15) is 11.6 Å². The third-order valence-electron chi connectivity index (χ3n) is 4.69. The second kappa shape index (κ2) is 6.67. The first-order valence-electron chi connectivity index (χ1n) is 8.65. The molecule has 0 saturated carbocycles. The Morgan fingerprint density at radius 1 is 1.38 bits per heavy atom. The van der Waals surface area contributed by atoms with Crippen molar-refractivity contribution >= 4 is 22.8 Å². The number of hydrogen-bond acceptors (Lipinski definition) is 4. The fourth-order valence-electron chi connectivity index (χ4n) is 3.27. The Bertz CT molecular complexity index is 898. The second-order valence-corrected chi connectivity index (χ2v) is 6.62. The Kier molecular flexibility index (Phi) is 4.20. The van der Waals surface area contributed by atoms with Crippen LogP contribution in [0.25, 0.3) is 11.0 Å². The summed E-state index contributed by atoms with van der Waals surface area (Å²) in [6.07, 6.45) is 1.80. The Balaban J connectivity index is 1.39.